The lowest BCUT2D eigenvalue weighted by Gasteiger charge is -2.08. The Morgan fingerprint density at radius 1 is 1.50 bits per heavy atom. The molecule has 3 N–H and O–H groups in total. The molecule has 0 saturated heterocycles. The molecule has 0 bridgehead atoms. The summed E-state index contributed by atoms with van der Waals surface area (Å²) >= 11 is 2.84. The Morgan fingerprint density at radius 3 is 2.57 bits per heavy atom. The van der Waals surface area contributed by atoms with Crippen LogP contribution in [0, 0.1) is 0 Å². The van der Waals surface area contributed by atoms with Crippen LogP contribution in [0.1, 0.15) is 0 Å². The summed E-state index contributed by atoms with van der Waals surface area (Å²) < 4.78 is 38.7. The molecule has 0 unspecified atom stereocenters. The lowest BCUT2D eigenvalue weighted by atomic mass is 10.4. The number of nitrogens with one attached hydrogen (secondary N) is 1. The van der Waals surface area contributed by atoms with E-state index in [1.807, 2.05) is 0 Å². The van der Waals surface area contributed by atoms with Gasteiger partial charge in [-0.15, -0.1) is 13.2 Å². The summed E-state index contributed by atoms with van der Waals surface area (Å²) in [5.74, 6) is -0.891. The first-order chi connectivity index (χ1) is 6.31. The number of hydrogen-bond donors (Lipinski definition) is 2. The minimum Gasteiger partial charge on any atom is -0.400 e. The maximum atomic E-state index is 11.7. The van der Waals surface area contributed by atoms with Crippen LogP contribution < -0.4 is 15.9 Å². The SMILES string of the molecule is Nc1c(Br)[nH]cc(OC(F)(F)F)c1=O. The van der Waals surface area contributed by atoms with E-state index in [4.69, 9.17) is 5.73 Å². The second-order valence-corrected chi connectivity index (χ2v) is 3.05. The summed E-state index contributed by atoms with van der Waals surface area (Å²) in [6, 6.07) is 0. The molecule has 4 nitrogen and oxygen atoms in total. The normalized spacial score (nSPS) is 11.4. The molecule has 0 aliphatic rings. The number of anilines is 1. The second-order valence-electron chi connectivity index (χ2n) is 2.26. The van der Waals surface area contributed by atoms with E-state index >= 15 is 0 Å². The Kier molecular flexibility index (Phi) is 2.74. The fourth-order valence-electron chi connectivity index (χ4n) is 0.705. The van der Waals surface area contributed by atoms with Crippen LogP contribution in [0.4, 0.5) is 18.9 Å². The van der Waals surface area contributed by atoms with Gasteiger partial charge in [0.15, 0.2) is 5.75 Å². The number of rotatable bonds is 1. The summed E-state index contributed by atoms with van der Waals surface area (Å²) in [7, 11) is 0. The molecule has 0 aliphatic heterocycles. The molecule has 0 spiro atoms. The highest BCUT2D eigenvalue weighted by Crippen LogP contribution is 2.21. The van der Waals surface area contributed by atoms with Crippen LogP contribution in [0.15, 0.2) is 15.6 Å². The first kappa shape index (κ1) is 10.9. The van der Waals surface area contributed by atoms with Crippen molar-refractivity contribution in [1.29, 1.82) is 0 Å². The lowest BCUT2D eigenvalue weighted by molar-refractivity contribution is -0.275. The second kappa shape index (κ2) is 3.52. The van der Waals surface area contributed by atoms with Gasteiger partial charge in [-0.05, 0) is 15.9 Å². The molecule has 14 heavy (non-hydrogen) atoms. The lowest BCUT2D eigenvalue weighted by Crippen LogP contribution is -2.23. The fourth-order valence-corrected chi connectivity index (χ4v) is 1.000. The van der Waals surface area contributed by atoms with E-state index in [9.17, 15) is 18.0 Å². The van der Waals surface area contributed by atoms with E-state index in [1.165, 1.54) is 0 Å². The molecule has 0 aliphatic carbocycles. The van der Waals surface area contributed by atoms with Crippen LogP contribution in [-0.4, -0.2) is 11.3 Å². The van der Waals surface area contributed by atoms with Crippen molar-refractivity contribution >= 4 is 21.6 Å². The van der Waals surface area contributed by atoms with Crippen LogP contribution in [0.2, 0.25) is 0 Å². The van der Waals surface area contributed by atoms with Crippen LogP contribution in [0.3, 0.4) is 0 Å². The molecule has 1 aromatic heterocycles. The summed E-state index contributed by atoms with van der Waals surface area (Å²) in [6.07, 6.45) is -4.14. The Balaban J connectivity index is 3.13. The number of pyridine rings is 1. The first-order valence-electron chi connectivity index (χ1n) is 3.23. The van der Waals surface area contributed by atoms with Crippen molar-refractivity contribution in [2.45, 2.75) is 6.36 Å². The highest BCUT2D eigenvalue weighted by Gasteiger charge is 2.32. The van der Waals surface area contributed by atoms with E-state index in [2.05, 4.69) is 25.7 Å². The molecule has 0 saturated carbocycles. The van der Waals surface area contributed by atoms with Crippen molar-refractivity contribution in [2.75, 3.05) is 5.73 Å². The van der Waals surface area contributed by atoms with Gasteiger partial charge in [0.2, 0.25) is 5.43 Å². The zero-order valence-electron chi connectivity index (χ0n) is 6.48. The van der Waals surface area contributed by atoms with Gasteiger partial charge in [-0.2, -0.15) is 0 Å². The molecular formula is C6H4BrF3N2O2. The third-order valence-corrected chi connectivity index (χ3v) is 1.92. The quantitative estimate of drug-likeness (QED) is 0.764. The van der Waals surface area contributed by atoms with Crippen molar-refractivity contribution in [1.82, 2.24) is 4.98 Å². The molecule has 0 aromatic carbocycles. The van der Waals surface area contributed by atoms with E-state index in [0.29, 0.717) is 0 Å². The Morgan fingerprint density at radius 2 is 2.07 bits per heavy atom. The highest BCUT2D eigenvalue weighted by molar-refractivity contribution is 9.10. The predicted molar refractivity (Wildman–Crippen MR) is 45.9 cm³/mol. The Labute approximate surface area is 84.0 Å². The molecule has 0 amide bonds. The molecule has 1 rings (SSSR count). The van der Waals surface area contributed by atoms with Gasteiger partial charge in [0.05, 0.1) is 0 Å². The third-order valence-electron chi connectivity index (χ3n) is 1.26. The summed E-state index contributed by atoms with van der Waals surface area (Å²) in [4.78, 5) is 13.4. The number of aromatic amines is 1. The highest BCUT2D eigenvalue weighted by atomic mass is 79.9. The summed E-state index contributed by atoms with van der Waals surface area (Å²) in [6.45, 7) is 0. The topological polar surface area (TPSA) is 68.1 Å². The minimum absolute atomic E-state index is 0.108. The summed E-state index contributed by atoms with van der Waals surface area (Å²) in [5.41, 5.74) is 3.77. The number of halogens is 4. The van der Waals surface area contributed by atoms with Crippen molar-refractivity contribution in [2.24, 2.45) is 0 Å². The fraction of sp³-hybridized carbons (Fsp3) is 0.167. The van der Waals surface area contributed by atoms with E-state index in [1.54, 1.807) is 0 Å². The Hall–Kier alpha value is -1.18. The number of hydrogen-bond acceptors (Lipinski definition) is 3. The molecule has 0 radical (unpaired) electrons. The first-order valence-corrected chi connectivity index (χ1v) is 4.03. The van der Waals surface area contributed by atoms with Gasteiger partial charge >= 0.3 is 6.36 Å². The minimum atomic E-state index is -4.91. The molecular weight excluding hydrogens is 269 g/mol. The average Bonchev–Trinajstić information content (AvgIpc) is 2.04. The molecule has 0 atom stereocenters. The zero-order chi connectivity index (χ0) is 10.9. The van der Waals surface area contributed by atoms with Crippen LogP contribution in [0.25, 0.3) is 0 Å². The Bertz CT molecular complexity index is 401. The van der Waals surface area contributed by atoms with Crippen LogP contribution >= 0.6 is 15.9 Å². The predicted octanol–water partition coefficient (Wildman–Crippen LogP) is 1.62. The number of H-pyrrole nitrogens is 1. The van der Waals surface area contributed by atoms with Gasteiger partial charge < -0.3 is 15.5 Å². The molecule has 0 fully saturated rings. The smallest absolute Gasteiger partial charge is 0.400 e. The van der Waals surface area contributed by atoms with E-state index < -0.39 is 17.5 Å². The number of nitrogen functional groups attached to an aromatic ring is 1. The number of aromatic nitrogens is 1. The standard InChI is InChI=1S/C6H4BrF3N2O2/c7-5-3(11)4(13)2(1-12-5)14-6(8,9)10/h1H,11H2,(H,12,13). The summed E-state index contributed by atoms with van der Waals surface area (Å²) in [5, 5.41) is 0. The van der Waals surface area contributed by atoms with E-state index in [-0.39, 0.29) is 10.3 Å². The van der Waals surface area contributed by atoms with Gasteiger partial charge in [-0.1, -0.05) is 0 Å². The van der Waals surface area contributed by atoms with Crippen molar-refractivity contribution in [3.8, 4) is 5.75 Å². The van der Waals surface area contributed by atoms with Gasteiger partial charge in [0.25, 0.3) is 0 Å². The van der Waals surface area contributed by atoms with Gasteiger partial charge in [0, 0.05) is 6.20 Å². The monoisotopic (exact) mass is 272 g/mol. The third kappa shape index (κ3) is 2.41. The molecule has 8 heteroatoms. The molecule has 1 aromatic rings. The molecule has 1 heterocycles. The maximum Gasteiger partial charge on any atom is 0.573 e. The van der Waals surface area contributed by atoms with Gasteiger partial charge in [-0.3, -0.25) is 4.79 Å². The number of nitrogens with two attached hydrogens (primary N) is 1. The number of alkyl halides is 3. The van der Waals surface area contributed by atoms with Crippen LogP contribution in [-0.2, 0) is 0 Å². The molecule has 78 valence electrons. The van der Waals surface area contributed by atoms with Gasteiger partial charge in [0.1, 0.15) is 10.3 Å². The van der Waals surface area contributed by atoms with Gasteiger partial charge in [-0.25, -0.2) is 0 Å². The van der Waals surface area contributed by atoms with Crippen molar-refractivity contribution < 1.29 is 17.9 Å². The van der Waals surface area contributed by atoms with Crippen molar-refractivity contribution in [3.63, 3.8) is 0 Å². The maximum absolute atomic E-state index is 11.7. The van der Waals surface area contributed by atoms with Crippen molar-refractivity contribution in [3.05, 3.63) is 21.0 Å². The van der Waals surface area contributed by atoms with E-state index in [0.717, 1.165) is 6.20 Å². The number of ether oxygens (including phenoxy) is 1. The largest absolute Gasteiger partial charge is 0.573 e. The van der Waals surface area contributed by atoms with Crippen LogP contribution in [0.5, 0.6) is 5.75 Å². The zero-order valence-corrected chi connectivity index (χ0v) is 8.07. The average molecular weight is 273 g/mol.